The zero-order valence-corrected chi connectivity index (χ0v) is 10.6. The lowest BCUT2D eigenvalue weighted by atomic mass is 10.2. The molecule has 3 nitrogen and oxygen atoms in total. The second kappa shape index (κ2) is 4.73. The average Bonchev–Trinajstić information content (AvgIpc) is 2.96. The van der Waals surface area contributed by atoms with Crippen LogP contribution in [0.3, 0.4) is 0 Å². The van der Waals surface area contributed by atoms with Crippen LogP contribution >= 0.6 is 22.9 Å². The van der Waals surface area contributed by atoms with E-state index in [0.29, 0.717) is 6.04 Å². The molecule has 1 unspecified atom stereocenters. The molecule has 1 aliphatic carbocycles. The summed E-state index contributed by atoms with van der Waals surface area (Å²) in [5, 5.41) is 8.90. The van der Waals surface area contributed by atoms with E-state index in [4.69, 9.17) is 16.7 Å². The topological polar surface area (TPSA) is 40.5 Å². The number of aliphatic carboxylic acids is 1. The molecule has 0 spiro atoms. The fraction of sp³-hybridized carbons (Fsp3) is 0.545. The predicted molar refractivity (Wildman–Crippen MR) is 65.1 cm³/mol. The Morgan fingerprint density at radius 1 is 1.69 bits per heavy atom. The Balaban J connectivity index is 2.10. The van der Waals surface area contributed by atoms with Crippen LogP contribution in [0.15, 0.2) is 12.1 Å². The van der Waals surface area contributed by atoms with Gasteiger partial charge in [0, 0.05) is 17.0 Å². The molecule has 0 bridgehead atoms. The Morgan fingerprint density at radius 2 is 2.38 bits per heavy atom. The number of carboxylic acid groups (broad SMARTS) is 1. The maximum absolute atomic E-state index is 10.8. The molecule has 1 aromatic heterocycles. The van der Waals surface area contributed by atoms with E-state index >= 15 is 0 Å². The largest absolute Gasteiger partial charge is 0.480 e. The second-order valence-electron chi connectivity index (χ2n) is 4.12. The highest BCUT2D eigenvalue weighted by Crippen LogP contribution is 2.37. The maximum Gasteiger partial charge on any atom is 0.317 e. The summed E-state index contributed by atoms with van der Waals surface area (Å²) in [6.07, 6.45) is 2.22. The van der Waals surface area contributed by atoms with E-state index in [1.54, 1.807) is 0 Å². The minimum Gasteiger partial charge on any atom is -0.480 e. The van der Waals surface area contributed by atoms with Gasteiger partial charge in [-0.15, -0.1) is 11.3 Å². The van der Waals surface area contributed by atoms with Crippen molar-refractivity contribution >= 4 is 28.9 Å². The molecule has 1 N–H and O–H groups in total. The number of hydrogen-bond donors (Lipinski definition) is 1. The van der Waals surface area contributed by atoms with Gasteiger partial charge in [-0.3, -0.25) is 9.69 Å². The number of carboxylic acids is 1. The first-order valence-electron chi connectivity index (χ1n) is 5.30. The Kier molecular flexibility index (Phi) is 3.52. The zero-order chi connectivity index (χ0) is 11.7. The monoisotopic (exact) mass is 259 g/mol. The Bertz CT molecular complexity index is 389. The predicted octanol–water partition coefficient (Wildman–Crippen LogP) is 3.01. The SMILES string of the molecule is CC(c1ccc(Cl)s1)N(CC(=O)O)C1CC1. The van der Waals surface area contributed by atoms with E-state index in [1.807, 2.05) is 24.0 Å². The molecule has 1 heterocycles. The molecule has 0 amide bonds. The summed E-state index contributed by atoms with van der Waals surface area (Å²) in [5.74, 6) is -0.763. The summed E-state index contributed by atoms with van der Waals surface area (Å²) >= 11 is 7.42. The van der Waals surface area contributed by atoms with Gasteiger partial charge in [-0.2, -0.15) is 0 Å². The van der Waals surface area contributed by atoms with Crippen molar-refractivity contribution < 1.29 is 9.90 Å². The number of hydrogen-bond acceptors (Lipinski definition) is 3. The molecule has 1 fully saturated rings. The first-order valence-corrected chi connectivity index (χ1v) is 6.50. The number of halogens is 1. The highest BCUT2D eigenvalue weighted by Gasteiger charge is 2.34. The molecule has 88 valence electrons. The second-order valence-corrected chi connectivity index (χ2v) is 5.86. The van der Waals surface area contributed by atoms with Gasteiger partial charge in [0.1, 0.15) is 0 Å². The number of thiophene rings is 1. The first-order chi connectivity index (χ1) is 7.58. The molecule has 0 saturated heterocycles. The van der Waals surface area contributed by atoms with Gasteiger partial charge >= 0.3 is 5.97 Å². The minimum atomic E-state index is -0.763. The van der Waals surface area contributed by atoms with E-state index < -0.39 is 5.97 Å². The van der Waals surface area contributed by atoms with Crippen molar-refractivity contribution in [2.24, 2.45) is 0 Å². The third-order valence-electron chi connectivity index (χ3n) is 2.84. The lowest BCUT2D eigenvalue weighted by Gasteiger charge is -2.26. The molecular formula is C11H14ClNO2S. The van der Waals surface area contributed by atoms with Crippen molar-refractivity contribution in [2.75, 3.05) is 6.54 Å². The molecule has 5 heteroatoms. The Hall–Kier alpha value is -0.580. The van der Waals surface area contributed by atoms with Gasteiger partial charge in [0.05, 0.1) is 10.9 Å². The van der Waals surface area contributed by atoms with Gasteiger partial charge in [0.25, 0.3) is 0 Å². The van der Waals surface area contributed by atoms with Gasteiger partial charge < -0.3 is 5.11 Å². The van der Waals surface area contributed by atoms with Gasteiger partial charge in [-0.25, -0.2) is 0 Å². The molecule has 1 aliphatic rings. The molecule has 16 heavy (non-hydrogen) atoms. The lowest BCUT2D eigenvalue weighted by Crippen LogP contribution is -2.33. The Labute approximate surface area is 104 Å². The van der Waals surface area contributed by atoms with Crippen LogP contribution in [0.25, 0.3) is 0 Å². The summed E-state index contributed by atoms with van der Waals surface area (Å²) in [6, 6.07) is 4.42. The van der Waals surface area contributed by atoms with Crippen molar-refractivity contribution in [1.82, 2.24) is 4.90 Å². The molecule has 1 saturated carbocycles. The Morgan fingerprint density at radius 3 is 2.81 bits per heavy atom. The zero-order valence-electron chi connectivity index (χ0n) is 9.02. The van der Waals surface area contributed by atoms with Crippen molar-refractivity contribution in [3.8, 4) is 0 Å². The molecule has 2 rings (SSSR count). The van der Waals surface area contributed by atoms with Crippen molar-refractivity contribution in [1.29, 1.82) is 0 Å². The molecule has 1 aromatic rings. The molecule has 1 atom stereocenters. The smallest absolute Gasteiger partial charge is 0.317 e. The van der Waals surface area contributed by atoms with Gasteiger partial charge in [-0.1, -0.05) is 11.6 Å². The summed E-state index contributed by atoms with van der Waals surface area (Å²) in [5.41, 5.74) is 0. The molecule has 0 aromatic carbocycles. The van der Waals surface area contributed by atoms with Crippen LogP contribution in [0.4, 0.5) is 0 Å². The summed E-state index contributed by atoms with van der Waals surface area (Å²) in [4.78, 5) is 14.0. The summed E-state index contributed by atoms with van der Waals surface area (Å²) in [6.45, 7) is 2.16. The fourth-order valence-electron chi connectivity index (χ4n) is 1.86. The van der Waals surface area contributed by atoms with Crippen molar-refractivity contribution in [2.45, 2.75) is 31.8 Å². The van der Waals surface area contributed by atoms with Crippen LogP contribution in [0.5, 0.6) is 0 Å². The van der Waals surface area contributed by atoms with Gasteiger partial charge in [0.2, 0.25) is 0 Å². The maximum atomic E-state index is 10.8. The summed E-state index contributed by atoms with van der Waals surface area (Å²) < 4.78 is 0.757. The van der Waals surface area contributed by atoms with E-state index in [1.165, 1.54) is 11.3 Å². The van der Waals surface area contributed by atoms with Crippen LogP contribution in [0.1, 0.15) is 30.7 Å². The lowest BCUT2D eigenvalue weighted by molar-refractivity contribution is -0.139. The van der Waals surface area contributed by atoms with Crippen LogP contribution in [0, 0.1) is 0 Å². The third-order valence-corrected chi connectivity index (χ3v) is 4.24. The van der Waals surface area contributed by atoms with Gasteiger partial charge in [0.15, 0.2) is 0 Å². The van der Waals surface area contributed by atoms with Gasteiger partial charge in [-0.05, 0) is 31.9 Å². The van der Waals surface area contributed by atoms with E-state index in [-0.39, 0.29) is 12.6 Å². The average molecular weight is 260 g/mol. The van der Waals surface area contributed by atoms with Crippen LogP contribution in [0.2, 0.25) is 4.34 Å². The van der Waals surface area contributed by atoms with Crippen molar-refractivity contribution in [3.05, 3.63) is 21.3 Å². The summed E-state index contributed by atoms with van der Waals surface area (Å²) in [7, 11) is 0. The number of nitrogens with zero attached hydrogens (tertiary/aromatic N) is 1. The van der Waals surface area contributed by atoms with Crippen LogP contribution in [-0.2, 0) is 4.79 Å². The molecule has 0 aliphatic heterocycles. The van der Waals surface area contributed by atoms with E-state index in [0.717, 1.165) is 22.1 Å². The molecule has 0 radical (unpaired) electrons. The van der Waals surface area contributed by atoms with Crippen molar-refractivity contribution in [3.63, 3.8) is 0 Å². The normalized spacial score (nSPS) is 17.7. The highest BCUT2D eigenvalue weighted by atomic mass is 35.5. The van der Waals surface area contributed by atoms with Crippen LogP contribution in [-0.4, -0.2) is 28.6 Å². The molecular weight excluding hydrogens is 246 g/mol. The standard InChI is InChI=1S/C11H14ClNO2S/c1-7(9-4-5-10(12)16-9)13(6-11(14)15)8-2-3-8/h4-5,7-8H,2-3,6H2,1H3,(H,14,15). The highest BCUT2D eigenvalue weighted by molar-refractivity contribution is 7.16. The van der Waals surface area contributed by atoms with E-state index in [2.05, 4.69) is 0 Å². The van der Waals surface area contributed by atoms with Crippen LogP contribution < -0.4 is 0 Å². The fourth-order valence-corrected chi connectivity index (χ4v) is 2.99. The number of rotatable bonds is 5. The third kappa shape index (κ3) is 2.75. The van der Waals surface area contributed by atoms with E-state index in [9.17, 15) is 4.79 Å². The minimum absolute atomic E-state index is 0.112. The quantitative estimate of drug-likeness (QED) is 0.884. The first kappa shape index (κ1) is 11.9. The number of carbonyl (C=O) groups is 1.